The van der Waals surface area contributed by atoms with E-state index in [1.165, 1.54) is 0 Å². The Morgan fingerprint density at radius 1 is 1.15 bits per heavy atom. The molecule has 0 aliphatic rings. The number of benzene rings is 2. The summed E-state index contributed by atoms with van der Waals surface area (Å²) in [5.41, 5.74) is 1.35. The highest BCUT2D eigenvalue weighted by Gasteiger charge is 2.22. The van der Waals surface area contributed by atoms with E-state index in [0.29, 0.717) is 21.4 Å². The zero-order valence-electron chi connectivity index (χ0n) is 10.6. The average molecular weight is 311 g/mol. The second kappa shape index (κ2) is 6.16. The van der Waals surface area contributed by atoms with Crippen LogP contribution in [-0.4, -0.2) is 11.1 Å². The lowest BCUT2D eigenvalue weighted by Crippen LogP contribution is -2.18. The van der Waals surface area contributed by atoms with E-state index in [1.54, 1.807) is 42.5 Å². The highest BCUT2D eigenvalue weighted by atomic mass is 35.5. The Kier molecular flexibility index (Phi) is 4.53. The fourth-order valence-corrected chi connectivity index (χ4v) is 1.97. The Bertz CT molecular complexity index is 624. The van der Waals surface area contributed by atoms with Crippen LogP contribution in [0.5, 0.6) is 5.75 Å². The van der Waals surface area contributed by atoms with Crippen LogP contribution >= 0.6 is 23.2 Å². The molecule has 2 aromatic carbocycles. The van der Waals surface area contributed by atoms with Crippen LogP contribution in [0.25, 0.3) is 0 Å². The molecule has 0 fully saturated rings. The number of carbonyl (C=O) groups is 1. The molecule has 5 heteroatoms. The van der Waals surface area contributed by atoms with Crippen molar-refractivity contribution in [1.82, 2.24) is 0 Å². The van der Waals surface area contributed by atoms with Crippen LogP contribution in [0.2, 0.25) is 10.0 Å². The Balaban J connectivity index is 2.27. The van der Waals surface area contributed by atoms with Crippen molar-refractivity contribution >= 4 is 29.2 Å². The van der Waals surface area contributed by atoms with E-state index in [2.05, 4.69) is 0 Å². The summed E-state index contributed by atoms with van der Waals surface area (Å²) in [4.78, 5) is 11.4. The van der Waals surface area contributed by atoms with Gasteiger partial charge in [0.25, 0.3) is 0 Å². The minimum atomic E-state index is -1.09. The van der Waals surface area contributed by atoms with Gasteiger partial charge in [-0.3, -0.25) is 0 Å². The lowest BCUT2D eigenvalue weighted by atomic mass is 10.1. The van der Waals surface area contributed by atoms with Crippen molar-refractivity contribution in [3.8, 4) is 5.75 Å². The quantitative estimate of drug-likeness (QED) is 0.904. The summed E-state index contributed by atoms with van der Waals surface area (Å²) in [6.45, 7) is 1.83. The average Bonchev–Trinajstić information content (AvgIpc) is 2.41. The van der Waals surface area contributed by atoms with E-state index in [0.717, 1.165) is 5.56 Å². The van der Waals surface area contributed by atoms with Gasteiger partial charge in [-0.2, -0.15) is 0 Å². The summed E-state index contributed by atoms with van der Waals surface area (Å²) in [5.74, 6) is -0.617. The number of hydrogen-bond donors (Lipinski definition) is 1. The molecule has 0 aromatic heterocycles. The van der Waals surface area contributed by atoms with Gasteiger partial charge in [-0.15, -0.1) is 0 Å². The van der Waals surface area contributed by atoms with Crippen molar-refractivity contribution in [3.63, 3.8) is 0 Å². The molecule has 2 aromatic rings. The van der Waals surface area contributed by atoms with E-state index in [-0.39, 0.29) is 0 Å². The summed E-state index contributed by atoms with van der Waals surface area (Å²) >= 11 is 11.7. The maximum atomic E-state index is 11.4. The third-order valence-electron chi connectivity index (χ3n) is 2.78. The van der Waals surface area contributed by atoms with Gasteiger partial charge in [-0.1, -0.05) is 35.3 Å². The van der Waals surface area contributed by atoms with E-state index in [1.807, 2.05) is 6.92 Å². The molecular formula is C15H12Cl2O3. The van der Waals surface area contributed by atoms with Gasteiger partial charge in [0.2, 0.25) is 6.10 Å². The predicted octanol–water partition coefficient (Wildman–Crippen LogP) is 4.51. The molecule has 20 heavy (non-hydrogen) atoms. The van der Waals surface area contributed by atoms with E-state index in [9.17, 15) is 9.90 Å². The fourth-order valence-electron chi connectivity index (χ4n) is 1.73. The van der Waals surface area contributed by atoms with Crippen LogP contribution in [-0.2, 0) is 4.79 Å². The number of hydrogen-bond acceptors (Lipinski definition) is 2. The molecule has 0 heterocycles. The summed E-state index contributed by atoms with van der Waals surface area (Å²) in [5, 5.41) is 10.4. The van der Waals surface area contributed by atoms with Crippen LogP contribution in [0.15, 0.2) is 42.5 Å². The first-order valence-corrected chi connectivity index (χ1v) is 6.64. The molecular weight excluding hydrogens is 299 g/mol. The van der Waals surface area contributed by atoms with Crippen molar-refractivity contribution in [2.75, 3.05) is 0 Å². The number of aliphatic carboxylic acids is 1. The van der Waals surface area contributed by atoms with Gasteiger partial charge in [0.1, 0.15) is 5.75 Å². The smallest absolute Gasteiger partial charge is 0.349 e. The Labute approximate surface area is 126 Å². The number of aryl methyl sites for hydroxylation is 1. The van der Waals surface area contributed by atoms with Gasteiger partial charge >= 0.3 is 5.97 Å². The third kappa shape index (κ3) is 3.44. The SMILES string of the molecule is Cc1cc(OC(C(=O)O)c2ccc(Cl)cc2)ccc1Cl. The van der Waals surface area contributed by atoms with Gasteiger partial charge in [0.15, 0.2) is 0 Å². The molecule has 0 aliphatic heterocycles. The largest absolute Gasteiger partial charge is 0.478 e. The number of halogens is 2. The number of carboxylic acids is 1. The summed E-state index contributed by atoms with van der Waals surface area (Å²) < 4.78 is 5.54. The molecule has 0 saturated carbocycles. The van der Waals surface area contributed by atoms with Gasteiger partial charge in [0.05, 0.1) is 0 Å². The van der Waals surface area contributed by atoms with Crippen molar-refractivity contribution < 1.29 is 14.6 Å². The van der Waals surface area contributed by atoms with Gasteiger partial charge < -0.3 is 9.84 Å². The van der Waals surface area contributed by atoms with Gasteiger partial charge in [0, 0.05) is 15.6 Å². The Hall–Kier alpha value is -1.71. The molecule has 0 spiro atoms. The normalized spacial score (nSPS) is 11.9. The van der Waals surface area contributed by atoms with Crippen LogP contribution in [0.1, 0.15) is 17.2 Å². The Morgan fingerprint density at radius 2 is 1.80 bits per heavy atom. The second-order valence-electron chi connectivity index (χ2n) is 4.30. The summed E-state index contributed by atoms with van der Waals surface area (Å²) in [6, 6.07) is 11.5. The lowest BCUT2D eigenvalue weighted by Gasteiger charge is -2.16. The lowest BCUT2D eigenvalue weighted by molar-refractivity contribution is -0.145. The molecule has 0 saturated heterocycles. The van der Waals surface area contributed by atoms with Crippen LogP contribution in [0, 0.1) is 6.92 Å². The second-order valence-corrected chi connectivity index (χ2v) is 5.14. The number of carboxylic acid groups (broad SMARTS) is 1. The topological polar surface area (TPSA) is 46.5 Å². The van der Waals surface area contributed by atoms with Crippen LogP contribution in [0.3, 0.4) is 0 Å². The monoisotopic (exact) mass is 310 g/mol. The van der Waals surface area contributed by atoms with E-state index in [4.69, 9.17) is 27.9 Å². The third-order valence-corrected chi connectivity index (χ3v) is 3.46. The van der Waals surface area contributed by atoms with E-state index >= 15 is 0 Å². The number of ether oxygens (including phenoxy) is 1. The van der Waals surface area contributed by atoms with Crippen LogP contribution in [0.4, 0.5) is 0 Å². The molecule has 0 aliphatic carbocycles. The Morgan fingerprint density at radius 3 is 2.35 bits per heavy atom. The van der Waals surface area contributed by atoms with Gasteiger partial charge in [-0.25, -0.2) is 4.79 Å². The van der Waals surface area contributed by atoms with Crippen LogP contribution < -0.4 is 4.74 Å². The molecule has 0 bridgehead atoms. The molecule has 0 radical (unpaired) electrons. The molecule has 3 nitrogen and oxygen atoms in total. The fraction of sp³-hybridized carbons (Fsp3) is 0.133. The molecule has 2 rings (SSSR count). The first-order chi connectivity index (χ1) is 9.47. The highest BCUT2D eigenvalue weighted by Crippen LogP contribution is 2.27. The van der Waals surface area contributed by atoms with Crippen molar-refractivity contribution in [2.24, 2.45) is 0 Å². The van der Waals surface area contributed by atoms with E-state index < -0.39 is 12.1 Å². The molecule has 1 unspecified atom stereocenters. The minimum absolute atomic E-state index is 0.453. The zero-order valence-corrected chi connectivity index (χ0v) is 12.2. The molecule has 1 atom stereocenters. The first-order valence-electron chi connectivity index (χ1n) is 5.88. The molecule has 0 amide bonds. The summed E-state index contributed by atoms with van der Waals surface area (Å²) in [6.07, 6.45) is -1.09. The van der Waals surface area contributed by atoms with Crippen molar-refractivity contribution in [1.29, 1.82) is 0 Å². The van der Waals surface area contributed by atoms with Gasteiger partial charge in [-0.05, 0) is 42.8 Å². The predicted molar refractivity (Wildman–Crippen MR) is 78.6 cm³/mol. The number of rotatable bonds is 4. The standard InChI is InChI=1S/C15H12Cl2O3/c1-9-8-12(6-7-13(9)17)20-14(15(18)19)10-2-4-11(16)5-3-10/h2-8,14H,1H3,(H,18,19). The molecule has 1 N–H and O–H groups in total. The van der Waals surface area contributed by atoms with Crippen molar-refractivity contribution in [2.45, 2.75) is 13.0 Å². The van der Waals surface area contributed by atoms with Crippen molar-refractivity contribution in [3.05, 3.63) is 63.6 Å². The highest BCUT2D eigenvalue weighted by molar-refractivity contribution is 6.31. The minimum Gasteiger partial charge on any atom is -0.478 e. The molecule has 104 valence electrons. The first kappa shape index (κ1) is 14.7. The maximum absolute atomic E-state index is 11.4. The summed E-state index contributed by atoms with van der Waals surface area (Å²) in [7, 11) is 0. The zero-order chi connectivity index (χ0) is 14.7. The maximum Gasteiger partial charge on any atom is 0.349 e.